The third kappa shape index (κ3) is 3.18. The van der Waals surface area contributed by atoms with Crippen molar-refractivity contribution in [1.29, 1.82) is 0 Å². The number of likely N-dealkylation sites (tertiary alicyclic amines) is 1. The van der Waals surface area contributed by atoms with E-state index in [-0.39, 0.29) is 17.9 Å². The lowest BCUT2D eigenvalue weighted by Crippen LogP contribution is -2.49. The quantitative estimate of drug-likeness (QED) is 0.779. The van der Waals surface area contributed by atoms with E-state index in [1.807, 2.05) is 19.1 Å². The molecule has 0 bridgehead atoms. The van der Waals surface area contributed by atoms with Gasteiger partial charge in [0.2, 0.25) is 5.91 Å². The summed E-state index contributed by atoms with van der Waals surface area (Å²) in [4.78, 5) is 29.0. The van der Waals surface area contributed by atoms with E-state index in [1.54, 1.807) is 12.1 Å². The second-order valence-electron chi connectivity index (χ2n) is 6.51. The summed E-state index contributed by atoms with van der Waals surface area (Å²) < 4.78 is 5.43. The van der Waals surface area contributed by atoms with Gasteiger partial charge in [0.1, 0.15) is 5.75 Å². The van der Waals surface area contributed by atoms with E-state index in [1.165, 1.54) is 11.3 Å². The molecule has 0 N–H and O–H groups in total. The zero-order valence-electron chi connectivity index (χ0n) is 14.5. The van der Waals surface area contributed by atoms with Crippen molar-refractivity contribution < 1.29 is 14.3 Å². The van der Waals surface area contributed by atoms with Crippen LogP contribution < -0.4 is 9.64 Å². The van der Waals surface area contributed by atoms with E-state index >= 15 is 0 Å². The number of carbonyl (C=O) groups is 2. The normalized spacial score (nSPS) is 25.3. The molecular weight excluding hydrogens is 304 g/mol. The molecule has 3 rings (SSSR count). The van der Waals surface area contributed by atoms with Crippen molar-refractivity contribution in [3.63, 3.8) is 0 Å². The number of nitrogens with zero attached hydrogens (tertiary/aromatic N) is 2. The molecule has 2 saturated heterocycles. The minimum atomic E-state index is -0.297. The number of hydrogen-bond acceptors (Lipinski definition) is 4. The highest BCUT2D eigenvalue weighted by Crippen LogP contribution is 2.31. The number of rotatable bonds is 5. The van der Waals surface area contributed by atoms with Gasteiger partial charge < -0.3 is 4.74 Å². The number of anilines is 1. The van der Waals surface area contributed by atoms with Crippen molar-refractivity contribution in [3.8, 4) is 5.75 Å². The minimum absolute atomic E-state index is 0.0792. The summed E-state index contributed by atoms with van der Waals surface area (Å²) in [5.41, 5.74) is 0.640. The van der Waals surface area contributed by atoms with E-state index in [0.717, 1.165) is 31.6 Å². The van der Waals surface area contributed by atoms with Gasteiger partial charge in [-0.05, 0) is 57.0 Å². The Hall–Kier alpha value is -1.88. The van der Waals surface area contributed by atoms with Crippen LogP contribution in [0.1, 0.15) is 46.0 Å². The summed E-state index contributed by atoms with van der Waals surface area (Å²) in [6, 6.07) is 7.31. The molecule has 2 aliphatic rings. The van der Waals surface area contributed by atoms with Crippen LogP contribution in [0.3, 0.4) is 0 Å². The molecule has 130 valence electrons. The Morgan fingerprint density at radius 2 is 1.88 bits per heavy atom. The van der Waals surface area contributed by atoms with Gasteiger partial charge in [-0.25, -0.2) is 4.90 Å². The van der Waals surface area contributed by atoms with Crippen LogP contribution >= 0.6 is 0 Å². The number of carbonyl (C=O) groups excluding carboxylic acids is 2. The molecular formula is C19H26N2O3. The van der Waals surface area contributed by atoms with E-state index in [4.69, 9.17) is 4.74 Å². The predicted molar refractivity (Wildman–Crippen MR) is 93.1 cm³/mol. The van der Waals surface area contributed by atoms with Gasteiger partial charge in [-0.15, -0.1) is 0 Å². The number of benzene rings is 1. The molecule has 2 atom stereocenters. The van der Waals surface area contributed by atoms with Crippen molar-refractivity contribution in [3.05, 3.63) is 24.3 Å². The number of imide groups is 1. The zero-order valence-corrected chi connectivity index (χ0v) is 14.5. The Morgan fingerprint density at radius 1 is 1.12 bits per heavy atom. The highest BCUT2D eigenvalue weighted by Gasteiger charge is 2.44. The second-order valence-corrected chi connectivity index (χ2v) is 6.51. The molecule has 0 aliphatic carbocycles. The number of amides is 2. The highest BCUT2D eigenvalue weighted by molar-refractivity contribution is 6.22. The Balaban J connectivity index is 1.78. The van der Waals surface area contributed by atoms with Gasteiger partial charge in [0.25, 0.3) is 5.91 Å². The van der Waals surface area contributed by atoms with Crippen molar-refractivity contribution >= 4 is 17.5 Å². The smallest absolute Gasteiger partial charge is 0.251 e. The summed E-state index contributed by atoms with van der Waals surface area (Å²) in [5.74, 6) is 0.568. The fourth-order valence-electron chi connectivity index (χ4n) is 3.88. The monoisotopic (exact) mass is 330 g/mol. The fourth-order valence-corrected chi connectivity index (χ4v) is 3.88. The fraction of sp³-hybridized carbons (Fsp3) is 0.579. The Morgan fingerprint density at radius 3 is 2.54 bits per heavy atom. The molecule has 5 heteroatoms. The van der Waals surface area contributed by atoms with Gasteiger partial charge in [0.05, 0.1) is 24.8 Å². The summed E-state index contributed by atoms with van der Waals surface area (Å²) in [7, 11) is 0. The van der Waals surface area contributed by atoms with Crippen LogP contribution in [0.25, 0.3) is 0 Å². The van der Waals surface area contributed by atoms with Gasteiger partial charge in [-0.3, -0.25) is 14.5 Å². The summed E-state index contributed by atoms with van der Waals surface area (Å²) in [5, 5.41) is 0. The third-order valence-corrected chi connectivity index (χ3v) is 5.07. The molecule has 0 unspecified atom stereocenters. The lowest BCUT2D eigenvalue weighted by molar-refractivity contribution is -0.123. The van der Waals surface area contributed by atoms with Crippen LogP contribution in [0.15, 0.2) is 24.3 Å². The van der Waals surface area contributed by atoms with Crippen LogP contribution in [-0.4, -0.2) is 41.9 Å². The van der Waals surface area contributed by atoms with Crippen LogP contribution in [0.2, 0.25) is 0 Å². The van der Waals surface area contributed by atoms with E-state index < -0.39 is 0 Å². The molecule has 0 radical (unpaired) electrons. The first-order chi connectivity index (χ1) is 11.7. The second kappa shape index (κ2) is 7.34. The Labute approximate surface area is 143 Å². The lowest BCUT2D eigenvalue weighted by Gasteiger charge is -2.38. The molecule has 0 aromatic heterocycles. The zero-order chi connectivity index (χ0) is 17.1. The van der Waals surface area contributed by atoms with Gasteiger partial charge in [-0.1, -0.05) is 13.3 Å². The van der Waals surface area contributed by atoms with Crippen molar-refractivity contribution in [2.45, 2.75) is 58.0 Å². The Kier molecular flexibility index (Phi) is 5.19. The van der Waals surface area contributed by atoms with Crippen molar-refractivity contribution in [2.75, 3.05) is 18.1 Å². The van der Waals surface area contributed by atoms with Gasteiger partial charge >= 0.3 is 0 Å². The molecule has 0 saturated carbocycles. The van der Waals surface area contributed by atoms with Crippen LogP contribution in [0.5, 0.6) is 5.75 Å². The van der Waals surface area contributed by atoms with Crippen LogP contribution in [0.4, 0.5) is 5.69 Å². The first-order valence-electron chi connectivity index (χ1n) is 9.01. The Bertz CT molecular complexity index is 599. The largest absolute Gasteiger partial charge is 0.494 e. The standard InChI is InChI=1S/C19H26N2O3/c1-3-14-7-5-6-12-20(14)17-13-18(22)21(19(17)23)15-8-10-16(11-9-15)24-4-2/h8-11,14,17H,3-7,12-13H2,1-2H3/t14-,17-/m1/s1. The molecule has 2 aliphatic heterocycles. The molecule has 2 amide bonds. The number of ether oxygens (including phenoxy) is 1. The average Bonchev–Trinajstić information content (AvgIpc) is 2.90. The van der Waals surface area contributed by atoms with Gasteiger partial charge in [-0.2, -0.15) is 0 Å². The minimum Gasteiger partial charge on any atom is -0.494 e. The van der Waals surface area contributed by atoms with Crippen LogP contribution in [0, 0.1) is 0 Å². The number of hydrogen-bond donors (Lipinski definition) is 0. The molecule has 2 fully saturated rings. The molecule has 24 heavy (non-hydrogen) atoms. The maximum atomic E-state index is 12.9. The highest BCUT2D eigenvalue weighted by atomic mass is 16.5. The maximum Gasteiger partial charge on any atom is 0.251 e. The summed E-state index contributed by atoms with van der Waals surface area (Å²) in [6.07, 6.45) is 4.77. The molecule has 1 aromatic carbocycles. The molecule has 5 nitrogen and oxygen atoms in total. The van der Waals surface area contributed by atoms with Gasteiger partial charge in [0.15, 0.2) is 0 Å². The van der Waals surface area contributed by atoms with E-state index in [9.17, 15) is 9.59 Å². The third-order valence-electron chi connectivity index (χ3n) is 5.07. The SMILES string of the molecule is CCOc1ccc(N2C(=O)C[C@@H](N3CCCC[C@H]3CC)C2=O)cc1. The van der Waals surface area contributed by atoms with E-state index in [2.05, 4.69) is 11.8 Å². The van der Waals surface area contributed by atoms with Gasteiger partial charge in [0, 0.05) is 6.04 Å². The molecule has 0 spiro atoms. The van der Waals surface area contributed by atoms with Crippen molar-refractivity contribution in [1.82, 2.24) is 4.90 Å². The predicted octanol–water partition coefficient (Wildman–Crippen LogP) is 2.98. The average molecular weight is 330 g/mol. The lowest BCUT2D eigenvalue weighted by atomic mass is 9.97. The van der Waals surface area contributed by atoms with Crippen LogP contribution in [-0.2, 0) is 9.59 Å². The first-order valence-corrected chi connectivity index (χ1v) is 9.01. The number of piperidine rings is 1. The maximum absolute atomic E-state index is 12.9. The molecule has 2 heterocycles. The van der Waals surface area contributed by atoms with Crippen molar-refractivity contribution in [2.24, 2.45) is 0 Å². The summed E-state index contributed by atoms with van der Waals surface area (Å²) >= 11 is 0. The molecule has 1 aromatic rings. The van der Waals surface area contributed by atoms with E-state index in [0.29, 0.717) is 24.8 Å². The first kappa shape index (κ1) is 17.0. The topological polar surface area (TPSA) is 49.9 Å². The summed E-state index contributed by atoms with van der Waals surface area (Å²) in [6.45, 7) is 5.60.